The van der Waals surface area contributed by atoms with E-state index < -0.39 is 5.54 Å². The summed E-state index contributed by atoms with van der Waals surface area (Å²) in [5.74, 6) is 0.0312. The maximum Gasteiger partial charge on any atom is 0.242 e. The van der Waals surface area contributed by atoms with Gasteiger partial charge in [0.2, 0.25) is 5.91 Å². The van der Waals surface area contributed by atoms with E-state index in [0.29, 0.717) is 0 Å². The smallest absolute Gasteiger partial charge is 0.242 e. The normalized spacial score (nSPS) is 15.7. The van der Waals surface area contributed by atoms with Gasteiger partial charge in [-0.25, -0.2) is 0 Å². The molecule has 2 rings (SSSR count). The van der Waals surface area contributed by atoms with Crippen molar-refractivity contribution in [3.05, 3.63) is 34.9 Å². The monoisotopic (exact) mass is 367 g/mol. The van der Waals surface area contributed by atoms with Crippen LogP contribution in [0.15, 0.2) is 24.3 Å². The van der Waals surface area contributed by atoms with Gasteiger partial charge in [-0.15, -0.1) is 24.8 Å². The van der Waals surface area contributed by atoms with E-state index in [0.717, 1.165) is 37.7 Å². The molecule has 0 radical (unpaired) electrons. The molecule has 22 heavy (non-hydrogen) atoms. The number of piperazine rings is 1. The van der Waals surface area contributed by atoms with Crippen LogP contribution in [0.2, 0.25) is 5.02 Å². The largest absolute Gasteiger partial charge is 0.339 e. The fraction of sp³-hybridized carbons (Fsp3) is 0.533. The number of halogens is 3. The Bertz CT molecular complexity index is 466. The van der Waals surface area contributed by atoms with Crippen molar-refractivity contribution in [2.45, 2.75) is 25.9 Å². The summed E-state index contributed by atoms with van der Waals surface area (Å²) in [7, 11) is 0. The molecule has 0 aliphatic carbocycles. The number of nitrogens with zero attached hydrogens (tertiary/aromatic N) is 2. The molecule has 0 spiro atoms. The molecule has 1 heterocycles. The molecule has 1 aromatic carbocycles. The minimum atomic E-state index is -0.779. The summed E-state index contributed by atoms with van der Waals surface area (Å²) in [4.78, 5) is 16.3. The van der Waals surface area contributed by atoms with Crippen LogP contribution in [0.4, 0.5) is 0 Å². The lowest BCUT2D eigenvalue weighted by molar-refractivity contribution is -0.137. The predicted molar refractivity (Wildman–Crippen MR) is 96.1 cm³/mol. The van der Waals surface area contributed by atoms with Crippen molar-refractivity contribution in [1.82, 2.24) is 9.80 Å². The highest BCUT2D eigenvalue weighted by atomic mass is 35.5. The van der Waals surface area contributed by atoms with Crippen LogP contribution >= 0.6 is 36.4 Å². The molecule has 0 saturated carbocycles. The van der Waals surface area contributed by atoms with Gasteiger partial charge in [-0.1, -0.05) is 23.7 Å². The molecule has 126 valence electrons. The summed E-state index contributed by atoms with van der Waals surface area (Å²) < 4.78 is 0. The van der Waals surface area contributed by atoms with Gasteiger partial charge in [-0.2, -0.15) is 0 Å². The van der Waals surface area contributed by atoms with Gasteiger partial charge in [0.15, 0.2) is 0 Å². The maximum absolute atomic E-state index is 12.1. The molecule has 7 heteroatoms. The van der Waals surface area contributed by atoms with E-state index in [1.807, 2.05) is 29.2 Å². The molecule has 1 aliphatic rings. The van der Waals surface area contributed by atoms with Gasteiger partial charge >= 0.3 is 0 Å². The molecular weight excluding hydrogens is 345 g/mol. The number of rotatable bonds is 3. The van der Waals surface area contributed by atoms with Gasteiger partial charge in [0, 0.05) is 37.7 Å². The first kappa shape index (κ1) is 21.5. The number of nitrogens with two attached hydrogens (primary N) is 1. The van der Waals surface area contributed by atoms with E-state index in [2.05, 4.69) is 4.90 Å². The van der Waals surface area contributed by atoms with Crippen LogP contribution in [0.1, 0.15) is 19.4 Å². The number of benzene rings is 1. The number of hydrogen-bond acceptors (Lipinski definition) is 3. The zero-order valence-corrected chi connectivity index (χ0v) is 15.3. The molecule has 2 N–H and O–H groups in total. The Kier molecular flexibility index (Phi) is 8.73. The van der Waals surface area contributed by atoms with Crippen molar-refractivity contribution < 1.29 is 4.79 Å². The summed E-state index contributed by atoms with van der Waals surface area (Å²) in [6.07, 6.45) is 0. The first-order valence-corrected chi connectivity index (χ1v) is 7.29. The third-order valence-electron chi connectivity index (χ3n) is 3.53. The van der Waals surface area contributed by atoms with E-state index in [-0.39, 0.29) is 30.7 Å². The topological polar surface area (TPSA) is 49.6 Å². The number of carbonyl (C=O) groups excluding carboxylic acids is 1. The lowest BCUT2D eigenvalue weighted by atomic mass is 10.0. The average molecular weight is 369 g/mol. The average Bonchev–Trinajstić information content (AvgIpc) is 2.40. The molecule has 0 unspecified atom stereocenters. The molecule has 1 aliphatic heterocycles. The Morgan fingerprint density at radius 2 is 1.64 bits per heavy atom. The van der Waals surface area contributed by atoms with Crippen molar-refractivity contribution in [1.29, 1.82) is 0 Å². The lowest BCUT2D eigenvalue weighted by Gasteiger charge is -2.37. The quantitative estimate of drug-likeness (QED) is 0.892. The van der Waals surface area contributed by atoms with Crippen molar-refractivity contribution in [3.63, 3.8) is 0 Å². The molecule has 1 aromatic rings. The van der Waals surface area contributed by atoms with Gasteiger partial charge < -0.3 is 10.6 Å². The molecule has 0 atom stereocenters. The molecule has 1 saturated heterocycles. The Labute approximate surface area is 149 Å². The Balaban J connectivity index is 0.00000220. The highest BCUT2D eigenvalue weighted by Crippen LogP contribution is 2.14. The van der Waals surface area contributed by atoms with Crippen LogP contribution in [0.3, 0.4) is 0 Å². The van der Waals surface area contributed by atoms with Crippen LogP contribution < -0.4 is 5.73 Å². The molecule has 0 aromatic heterocycles. The number of amides is 1. The minimum Gasteiger partial charge on any atom is -0.339 e. The third-order valence-corrected chi connectivity index (χ3v) is 3.78. The summed E-state index contributed by atoms with van der Waals surface area (Å²) in [5.41, 5.74) is 6.33. The van der Waals surface area contributed by atoms with Crippen LogP contribution in [-0.4, -0.2) is 47.4 Å². The van der Waals surface area contributed by atoms with Crippen LogP contribution in [-0.2, 0) is 11.3 Å². The molecule has 1 amide bonds. The molecule has 1 fully saturated rings. The first-order chi connectivity index (χ1) is 9.36. The molecule has 4 nitrogen and oxygen atoms in total. The Morgan fingerprint density at radius 3 is 2.09 bits per heavy atom. The first-order valence-electron chi connectivity index (χ1n) is 6.91. The maximum atomic E-state index is 12.1. The fourth-order valence-corrected chi connectivity index (χ4v) is 2.49. The SMILES string of the molecule is CC(C)(N)C(=O)N1CCN(Cc2ccc(Cl)cc2)CC1.Cl.Cl. The predicted octanol–water partition coefficient (Wildman–Crippen LogP) is 2.57. The van der Waals surface area contributed by atoms with E-state index in [1.165, 1.54) is 5.56 Å². The van der Waals surface area contributed by atoms with Crippen LogP contribution in [0.5, 0.6) is 0 Å². The second-order valence-electron chi connectivity index (χ2n) is 5.92. The minimum absolute atomic E-state index is 0. The summed E-state index contributed by atoms with van der Waals surface area (Å²) in [6.45, 7) is 7.66. The van der Waals surface area contributed by atoms with Crippen molar-refractivity contribution in [2.75, 3.05) is 26.2 Å². The second-order valence-corrected chi connectivity index (χ2v) is 6.35. The van der Waals surface area contributed by atoms with Crippen LogP contribution in [0, 0.1) is 0 Å². The summed E-state index contributed by atoms with van der Waals surface area (Å²) in [5, 5.41) is 0.759. The zero-order chi connectivity index (χ0) is 14.8. The third kappa shape index (κ3) is 5.94. The zero-order valence-electron chi connectivity index (χ0n) is 12.9. The van der Waals surface area contributed by atoms with E-state index >= 15 is 0 Å². The van der Waals surface area contributed by atoms with Crippen molar-refractivity contribution in [2.24, 2.45) is 5.73 Å². The standard InChI is InChI=1S/C15H22ClN3O.2ClH/c1-15(2,17)14(20)19-9-7-18(8-10-19)11-12-3-5-13(16)6-4-12;;/h3-6H,7-11,17H2,1-2H3;2*1H. The summed E-state index contributed by atoms with van der Waals surface area (Å²) >= 11 is 5.88. The Morgan fingerprint density at radius 1 is 1.14 bits per heavy atom. The molecule has 0 bridgehead atoms. The number of hydrogen-bond donors (Lipinski definition) is 1. The highest BCUT2D eigenvalue weighted by molar-refractivity contribution is 6.30. The summed E-state index contributed by atoms with van der Waals surface area (Å²) in [6, 6.07) is 7.91. The second kappa shape index (κ2) is 8.94. The van der Waals surface area contributed by atoms with Gasteiger partial charge in [-0.05, 0) is 31.5 Å². The lowest BCUT2D eigenvalue weighted by Crippen LogP contribution is -2.56. The Hall–Kier alpha value is -0.520. The van der Waals surface area contributed by atoms with E-state index in [1.54, 1.807) is 13.8 Å². The van der Waals surface area contributed by atoms with Crippen LogP contribution in [0.25, 0.3) is 0 Å². The fourth-order valence-electron chi connectivity index (χ4n) is 2.36. The van der Waals surface area contributed by atoms with Gasteiger partial charge in [-0.3, -0.25) is 9.69 Å². The van der Waals surface area contributed by atoms with Gasteiger partial charge in [0.1, 0.15) is 0 Å². The van der Waals surface area contributed by atoms with Crippen molar-refractivity contribution in [3.8, 4) is 0 Å². The highest BCUT2D eigenvalue weighted by Gasteiger charge is 2.30. The van der Waals surface area contributed by atoms with Gasteiger partial charge in [0.05, 0.1) is 5.54 Å². The van der Waals surface area contributed by atoms with E-state index in [9.17, 15) is 4.79 Å². The molecular formula is C15H24Cl3N3O. The van der Waals surface area contributed by atoms with E-state index in [4.69, 9.17) is 17.3 Å². The van der Waals surface area contributed by atoms with Gasteiger partial charge in [0.25, 0.3) is 0 Å². The number of carbonyl (C=O) groups is 1. The van der Waals surface area contributed by atoms with Crippen molar-refractivity contribution >= 4 is 42.3 Å².